The lowest BCUT2D eigenvalue weighted by molar-refractivity contribution is -0.122. The minimum atomic E-state index is -0.714. The lowest BCUT2D eigenvalue weighted by atomic mass is 10.2. The first kappa shape index (κ1) is 15.3. The van der Waals surface area contributed by atoms with E-state index < -0.39 is 11.9 Å². The zero-order valence-electron chi connectivity index (χ0n) is 11.7. The number of carbonyl (C=O) groups is 1. The van der Waals surface area contributed by atoms with Gasteiger partial charge >= 0.3 is 0 Å². The molecule has 1 unspecified atom stereocenters. The zero-order valence-corrected chi connectivity index (χ0v) is 12.4. The number of hydrogen-bond acceptors (Lipinski definition) is 2. The Balaban J connectivity index is 2.00. The highest BCUT2D eigenvalue weighted by molar-refractivity contribution is 6.31. The summed E-state index contributed by atoms with van der Waals surface area (Å²) in [5, 5.41) is 3.24. The Bertz CT molecular complexity index is 660. The lowest BCUT2D eigenvalue weighted by Crippen LogP contribution is -2.30. The van der Waals surface area contributed by atoms with Gasteiger partial charge in [-0.05, 0) is 55.8 Å². The van der Waals surface area contributed by atoms with Crippen LogP contribution in [0.1, 0.15) is 12.5 Å². The molecule has 0 aliphatic carbocycles. The second-order valence-electron chi connectivity index (χ2n) is 4.67. The van der Waals surface area contributed by atoms with Crippen molar-refractivity contribution in [1.82, 2.24) is 0 Å². The first-order chi connectivity index (χ1) is 9.95. The molecule has 1 N–H and O–H groups in total. The van der Waals surface area contributed by atoms with E-state index in [1.165, 1.54) is 18.2 Å². The maximum Gasteiger partial charge on any atom is 0.265 e. The first-order valence-corrected chi connectivity index (χ1v) is 6.83. The fourth-order valence-corrected chi connectivity index (χ4v) is 1.88. The molecule has 0 saturated carbocycles. The molecule has 3 nitrogen and oxygen atoms in total. The summed E-state index contributed by atoms with van der Waals surface area (Å²) in [4.78, 5) is 12.0. The third kappa shape index (κ3) is 4.20. The average Bonchev–Trinajstić information content (AvgIpc) is 2.43. The molecule has 0 bridgehead atoms. The lowest BCUT2D eigenvalue weighted by Gasteiger charge is -2.15. The largest absolute Gasteiger partial charge is 0.481 e. The molecule has 0 aliphatic rings. The Morgan fingerprint density at radius 3 is 2.71 bits per heavy atom. The summed E-state index contributed by atoms with van der Waals surface area (Å²) in [6.07, 6.45) is -0.714. The van der Waals surface area contributed by atoms with Gasteiger partial charge in [-0.1, -0.05) is 17.7 Å². The molecular weight excluding hydrogens is 293 g/mol. The Hall–Kier alpha value is -2.07. The summed E-state index contributed by atoms with van der Waals surface area (Å²) in [7, 11) is 0. The fourth-order valence-electron chi connectivity index (χ4n) is 1.76. The van der Waals surface area contributed by atoms with Crippen molar-refractivity contribution in [1.29, 1.82) is 0 Å². The van der Waals surface area contributed by atoms with Gasteiger partial charge in [0.2, 0.25) is 0 Å². The molecular formula is C16H15ClFNO2. The Morgan fingerprint density at radius 2 is 2.05 bits per heavy atom. The van der Waals surface area contributed by atoms with E-state index in [1.807, 2.05) is 6.92 Å². The van der Waals surface area contributed by atoms with Crippen LogP contribution < -0.4 is 10.1 Å². The van der Waals surface area contributed by atoms with Crippen molar-refractivity contribution in [2.45, 2.75) is 20.0 Å². The number of rotatable bonds is 4. The van der Waals surface area contributed by atoms with Crippen molar-refractivity contribution < 1.29 is 13.9 Å². The zero-order chi connectivity index (χ0) is 15.4. The second kappa shape index (κ2) is 6.59. The number of ether oxygens (including phenoxy) is 1. The molecule has 0 spiro atoms. The van der Waals surface area contributed by atoms with Gasteiger partial charge in [0.1, 0.15) is 11.6 Å². The van der Waals surface area contributed by atoms with Crippen molar-refractivity contribution in [3.63, 3.8) is 0 Å². The maximum atomic E-state index is 13.1. The molecule has 0 aliphatic heterocycles. The molecule has 21 heavy (non-hydrogen) atoms. The van der Waals surface area contributed by atoms with Crippen LogP contribution in [0.4, 0.5) is 10.1 Å². The second-order valence-corrected chi connectivity index (χ2v) is 5.08. The van der Waals surface area contributed by atoms with Crippen LogP contribution in [0.15, 0.2) is 42.5 Å². The van der Waals surface area contributed by atoms with Gasteiger partial charge in [-0.25, -0.2) is 4.39 Å². The summed E-state index contributed by atoms with van der Waals surface area (Å²) < 4.78 is 18.6. The average molecular weight is 308 g/mol. The molecule has 0 heterocycles. The van der Waals surface area contributed by atoms with Gasteiger partial charge in [0.05, 0.1) is 0 Å². The van der Waals surface area contributed by atoms with Crippen LogP contribution in [0, 0.1) is 12.7 Å². The number of benzene rings is 2. The molecule has 2 aromatic rings. The third-order valence-electron chi connectivity index (χ3n) is 2.90. The first-order valence-electron chi connectivity index (χ1n) is 6.45. The van der Waals surface area contributed by atoms with E-state index in [0.29, 0.717) is 16.5 Å². The van der Waals surface area contributed by atoms with Crippen LogP contribution in [0.2, 0.25) is 5.02 Å². The van der Waals surface area contributed by atoms with E-state index in [4.69, 9.17) is 16.3 Å². The van der Waals surface area contributed by atoms with Gasteiger partial charge in [0.25, 0.3) is 5.91 Å². The van der Waals surface area contributed by atoms with E-state index in [1.54, 1.807) is 31.2 Å². The quantitative estimate of drug-likeness (QED) is 0.919. The van der Waals surface area contributed by atoms with Crippen molar-refractivity contribution in [3.05, 3.63) is 58.9 Å². The minimum Gasteiger partial charge on any atom is -0.481 e. The molecule has 1 atom stereocenters. The van der Waals surface area contributed by atoms with E-state index in [2.05, 4.69) is 5.32 Å². The van der Waals surface area contributed by atoms with Gasteiger partial charge in [0, 0.05) is 10.7 Å². The molecule has 0 fully saturated rings. The number of carbonyl (C=O) groups excluding carboxylic acids is 1. The Kier molecular flexibility index (Phi) is 4.81. The summed E-state index contributed by atoms with van der Waals surface area (Å²) >= 11 is 5.93. The van der Waals surface area contributed by atoms with Crippen LogP contribution in [0.3, 0.4) is 0 Å². The SMILES string of the molecule is Cc1cc(OC(C)C(=O)Nc2cccc(F)c2)ccc1Cl. The predicted octanol–water partition coefficient (Wildman–Crippen LogP) is 4.19. The Morgan fingerprint density at radius 1 is 1.29 bits per heavy atom. The normalized spacial score (nSPS) is 11.8. The molecule has 0 radical (unpaired) electrons. The number of aryl methyl sites for hydroxylation is 1. The van der Waals surface area contributed by atoms with Crippen molar-refractivity contribution in [3.8, 4) is 5.75 Å². The van der Waals surface area contributed by atoms with Gasteiger partial charge in [-0.2, -0.15) is 0 Å². The van der Waals surface area contributed by atoms with Crippen LogP contribution in [-0.4, -0.2) is 12.0 Å². The van der Waals surface area contributed by atoms with E-state index in [-0.39, 0.29) is 5.91 Å². The summed E-state index contributed by atoms with van der Waals surface area (Å²) in [6, 6.07) is 10.9. The predicted molar refractivity (Wildman–Crippen MR) is 81.3 cm³/mol. The monoisotopic (exact) mass is 307 g/mol. The number of amides is 1. The van der Waals surface area contributed by atoms with Gasteiger partial charge in [-0.15, -0.1) is 0 Å². The highest BCUT2D eigenvalue weighted by atomic mass is 35.5. The topological polar surface area (TPSA) is 38.3 Å². The third-order valence-corrected chi connectivity index (χ3v) is 3.33. The molecule has 2 aromatic carbocycles. The number of hydrogen-bond donors (Lipinski definition) is 1. The number of nitrogens with one attached hydrogen (secondary N) is 1. The molecule has 5 heteroatoms. The smallest absolute Gasteiger partial charge is 0.265 e. The van der Waals surface area contributed by atoms with Gasteiger partial charge in [0.15, 0.2) is 6.10 Å². The van der Waals surface area contributed by atoms with Crippen LogP contribution in [0.25, 0.3) is 0 Å². The van der Waals surface area contributed by atoms with E-state index in [9.17, 15) is 9.18 Å². The van der Waals surface area contributed by atoms with Gasteiger partial charge < -0.3 is 10.1 Å². The summed E-state index contributed by atoms with van der Waals surface area (Å²) in [5.74, 6) is -0.207. The maximum absolute atomic E-state index is 13.1. The standard InChI is InChI=1S/C16H15ClFNO2/c1-10-8-14(6-7-15(10)17)21-11(2)16(20)19-13-5-3-4-12(18)9-13/h3-9,11H,1-2H3,(H,19,20). The van der Waals surface area contributed by atoms with Crippen molar-refractivity contribution in [2.24, 2.45) is 0 Å². The number of halogens is 2. The molecule has 0 saturated heterocycles. The van der Waals surface area contributed by atoms with E-state index >= 15 is 0 Å². The number of anilines is 1. The molecule has 110 valence electrons. The summed E-state index contributed by atoms with van der Waals surface area (Å²) in [6.45, 7) is 3.48. The fraction of sp³-hybridized carbons (Fsp3) is 0.188. The van der Waals surface area contributed by atoms with Crippen LogP contribution >= 0.6 is 11.6 Å². The summed E-state index contributed by atoms with van der Waals surface area (Å²) in [5.41, 5.74) is 1.26. The highest BCUT2D eigenvalue weighted by Crippen LogP contribution is 2.22. The highest BCUT2D eigenvalue weighted by Gasteiger charge is 2.15. The van der Waals surface area contributed by atoms with Crippen molar-refractivity contribution in [2.75, 3.05) is 5.32 Å². The molecule has 2 rings (SSSR count). The van der Waals surface area contributed by atoms with E-state index in [0.717, 1.165) is 5.56 Å². The Labute approximate surface area is 127 Å². The van der Waals surface area contributed by atoms with Crippen LogP contribution in [0.5, 0.6) is 5.75 Å². The molecule has 0 aromatic heterocycles. The molecule has 1 amide bonds. The minimum absolute atomic E-state index is 0.354. The van der Waals surface area contributed by atoms with Gasteiger partial charge in [-0.3, -0.25) is 4.79 Å². The van der Waals surface area contributed by atoms with Crippen molar-refractivity contribution >= 4 is 23.2 Å². The van der Waals surface area contributed by atoms with Crippen LogP contribution in [-0.2, 0) is 4.79 Å².